The fourth-order valence-corrected chi connectivity index (χ4v) is 4.07. The highest BCUT2D eigenvalue weighted by atomic mass is 15.3. The molecule has 0 amide bonds. The minimum Gasteiger partial charge on any atom is -0.351 e. The fourth-order valence-electron chi connectivity index (χ4n) is 4.07. The number of aryl methyl sites for hydroxylation is 1. The third-order valence-corrected chi connectivity index (χ3v) is 5.68. The number of rotatable bonds is 4. The van der Waals surface area contributed by atoms with Crippen LogP contribution in [0, 0.1) is 11.5 Å². The molecule has 8 heteroatoms. The van der Waals surface area contributed by atoms with Crippen LogP contribution in [0.3, 0.4) is 0 Å². The molecule has 5 rings (SSSR count). The van der Waals surface area contributed by atoms with E-state index in [4.69, 9.17) is 9.97 Å². The Morgan fingerprint density at radius 2 is 1.97 bits per heavy atom. The van der Waals surface area contributed by atoms with Crippen molar-refractivity contribution in [2.75, 3.05) is 16.8 Å². The van der Waals surface area contributed by atoms with Crippen LogP contribution < -0.4 is 10.2 Å². The predicted molar refractivity (Wildman–Crippen MR) is 109 cm³/mol. The molecule has 3 aromatic rings. The number of nitrogens with zero attached hydrogens (tertiary/aromatic N) is 7. The van der Waals surface area contributed by atoms with Crippen LogP contribution in [0.1, 0.15) is 28.1 Å². The first-order valence-electron chi connectivity index (χ1n) is 9.78. The van der Waals surface area contributed by atoms with Gasteiger partial charge in [-0.05, 0) is 23.6 Å². The molecular weight excluding hydrogens is 364 g/mol. The average molecular weight is 386 g/mol. The van der Waals surface area contributed by atoms with Crippen molar-refractivity contribution in [1.29, 1.82) is 5.26 Å². The zero-order valence-electron chi connectivity index (χ0n) is 16.3. The summed E-state index contributed by atoms with van der Waals surface area (Å²) in [6.45, 7) is 3.44. The van der Waals surface area contributed by atoms with Gasteiger partial charge in [0.15, 0.2) is 6.19 Å². The molecule has 2 aliphatic rings. The summed E-state index contributed by atoms with van der Waals surface area (Å²) in [7, 11) is 1.92. The van der Waals surface area contributed by atoms with Crippen LogP contribution >= 0.6 is 0 Å². The molecule has 0 fully saturated rings. The largest absolute Gasteiger partial charge is 0.351 e. The quantitative estimate of drug-likeness (QED) is 0.688. The van der Waals surface area contributed by atoms with Gasteiger partial charge in [0.2, 0.25) is 5.95 Å². The number of anilines is 2. The second-order valence-electron chi connectivity index (χ2n) is 7.49. The minimum atomic E-state index is 0.534. The van der Waals surface area contributed by atoms with Crippen molar-refractivity contribution in [2.24, 2.45) is 7.05 Å². The lowest BCUT2D eigenvalue weighted by Gasteiger charge is -2.31. The lowest BCUT2D eigenvalue weighted by Crippen LogP contribution is -2.32. The van der Waals surface area contributed by atoms with E-state index in [0.717, 1.165) is 42.3 Å². The topological polar surface area (TPSA) is 85.9 Å². The first-order chi connectivity index (χ1) is 14.2. The van der Waals surface area contributed by atoms with Crippen LogP contribution in [-0.4, -0.2) is 31.2 Å². The number of benzene rings is 1. The second kappa shape index (κ2) is 7.09. The summed E-state index contributed by atoms with van der Waals surface area (Å²) in [5, 5.41) is 16.9. The molecule has 29 heavy (non-hydrogen) atoms. The number of fused-ring (bicyclic) bond motifs is 2. The standard InChI is InChI=1S/C21H22N8/c1-27-17(6-8-24-27)10-23-21-25-19-13-28(14-22)12-18(19)20(26-21)29-9-7-15-4-2-3-5-16(15)11-29/h2-6,8H,7,9-13H2,1H3,(H,23,25,26). The summed E-state index contributed by atoms with van der Waals surface area (Å²) >= 11 is 0. The Morgan fingerprint density at radius 3 is 2.76 bits per heavy atom. The van der Waals surface area contributed by atoms with E-state index in [1.807, 2.05) is 17.8 Å². The molecule has 2 aromatic heterocycles. The van der Waals surface area contributed by atoms with Gasteiger partial charge >= 0.3 is 0 Å². The van der Waals surface area contributed by atoms with E-state index in [1.165, 1.54) is 11.1 Å². The first kappa shape index (κ1) is 17.5. The molecular formula is C21H22N8. The highest BCUT2D eigenvalue weighted by molar-refractivity contribution is 5.56. The number of hydrogen-bond acceptors (Lipinski definition) is 7. The van der Waals surface area contributed by atoms with Gasteiger partial charge in [0, 0.05) is 31.9 Å². The smallest absolute Gasteiger partial charge is 0.225 e. The van der Waals surface area contributed by atoms with Crippen LogP contribution in [0.2, 0.25) is 0 Å². The van der Waals surface area contributed by atoms with Gasteiger partial charge in [0.25, 0.3) is 0 Å². The first-order valence-corrected chi connectivity index (χ1v) is 9.78. The van der Waals surface area contributed by atoms with Gasteiger partial charge in [-0.25, -0.2) is 4.98 Å². The lowest BCUT2D eigenvalue weighted by molar-refractivity contribution is 0.415. The van der Waals surface area contributed by atoms with Gasteiger partial charge in [0.1, 0.15) is 5.82 Å². The van der Waals surface area contributed by atoms with Crippen molar-refractivity contribution in [2.45, 2.75) is 32.6 Å². The molecule has 146 valence electrons. The van der Waals surface area contributed by atoms with Crippen molar-refractivity contribution < 1.29 is 0 Å². The van der Waals surface area contributed by atoms with E-state index >= 15 is 0 Å². The molecule has 2 aliphatic heterocycles. The Hall–Kier alpha value is -3.60. The van der Waals surface area contributed by atoms with Crippen molar-refractivity contribution in [3.8, 4) is 6.19 Å². The van der Waals surface area contributed by atoms with E-state index in [-0.39, 0.29) is 0 Å². The summed E-state index contributed by atoms with van der Waals surface area (Å²) in [4.78, 5) is 13.6. The van der Waals surface area contributed by atoms with E-state index in [0.29, 0.717) is 25.6 Å². The number of hydrogen-bond donors (Lipinski definition) is 1. The third kappa shape index (κ3) is 3.25. The van der Waals surface area contributed by atoms with Gasteiger partial charge in [-0.15, -0.1) is 0 Å². The van der Waals surface area contributed by atoms with Crippen molar-refractivity contribution in [1.82, 2.24) is 24.6 Å². The van der Waals surface area contributed by atoms with Crippen LogP contribution in [0.4, 0.5) is 11.8 Å². The van der Waals surface area contributed by atoms with Crippen molar-refractivity contribution in [3.05, 3.63) is 64.6 Å². The van der Waals surface area contributed by atoms with Gasteiger partial charge in [-0.1, -0.05) is 24.3 Å². The zero-order valence-corrected chi connectivity index (χ0v) is 16.3. The maximum Gasteiger partial charge on any atom is 0.225 e. The molecule has 1 aromatic carbocycles. The summed E-state index contributed by atoms with van der Waals surface area (Å²) in [5.74, 6) is 1.54. The summed E-state index contributed by atoms with van der Waals surface area (Å²) in [6, 6.07) is 10.6. The maximum atomic E-state index is 9.39. The molecule has 1 N–H and O–H groups in total. The molecule has 8 nitrogen and oxygen atoms in total. The minimum absolute atomic E-state index is 0.534. The van der Waals surface area contributed by atoms with Crippen molar-refractivity contribution >= 4 is 11.8 Å². The van der Waals surface area contributed by atoms with Gasteiger partial charge < -0.3 is 15.1 Å². The van der Waals surface area contributed by atoms with E-state index in [1.54, 1.807) is 11.1 Å². The van der Waals surface area contributed by atoms with Crippen LogP contribution in [-0.2, 0) is 39.6 Å². The molecule has 0 radical (unpaired) electrons. The average Bonchev–Trinajstić information content (AvgIpc) is 3.36. The van der Waals surface area contributed by atoms with E-state index < -0.39 is 0 Å². The van der Waals surface area contributed by atoms with Crippen LogP contribution in [0.5, 0.6) is 0 Å². The highest BCUT2D eigenvalue weighted by Crippen LogP contribution is 2.33. The van der Waals surface area contributed by atoms with Gasteiger partial charge in [0.05, 0.1) is 31.0 Å². The van der Waals surface area contributed by atoms with Crippen molar-refractivity contribution in [3.63, 3.8) is 0 Å². The molecule has 0 atom stereocenters. The van der Waals surface area contributed by atoms with Crippen LogP contribution in [0.25, 0.3) is 0 Å². The predicted octanol–water partition coefficient (Wildman–Crippen LogP) is 2.18. The normalized spacial score (nSPS) is 15.0. The third-order valence-electron chi connectivity index (χ3n) is 5.68. The Balaban J connectivity index is 1.46. The van der Waals surface area contributed by atoms with E-state index in [2.05, 4.69) is 45.8 Å². The van der Waals surface area contributed by atoms with Crippen LogP contribution in [0.15, 0.2) is 36.5 Å². The number of aromatic nitrogens is 4. The maximum absolute atomic E-state index is 9.39. The summed E-state index contributed by atoms with van der Waals surface area (Å²) in [6.07, 6.45) is 5.03. The summed E-state index contributed by atoms with van der Waals surface area (Å²) in [5.41, 5.74) is 5.80. The molecule has 0 spiro atoms. The monoisotopic (exact) mass is 386 g/mol. The second-order valence-corrected chi connectivity index (χ2v) is 7.49. The Bertz CT molecular complexity index is 1100. The van der Waals surface area contributed by atoms with Gasteiger partial charge in [-0.2, -0.15) is 15.3 Å². The number of nitrogens with one attached hydrogen (secondary N) is 1. The Labute approximate surface area is 169 Å². The Morgan fingerprint density at radius 1 is 1.10 bits per heavy atom. The molecule has 0 saturated carbocycles. The molecule has 0 bridgehead atoms. The molecule has 0 saturated heterocycles. The Kier molecular flexibility index (Phi) is 4.28. The fraction of sp³-hybridized carbons (Fsp3) is 0.333. The molecule has 4 heterocycles. The highest BCUT2D eigenvalue weighted by Gasteiger charge is 2.28. The van der Waals surface area contributed by atoms with E-state index in [9.17, 15) is 5.26 Å². The molecule has 0 aliphatic carbocycles. The number of nitriles is 1. The lowest BCUT2D eigenvalue weighted by atomic mass is 9.99. The zero-order chi connectivity index (χ0) is 19.8. The summed E-state index contributed by atoms with van der Waals surface area (Å²) < 4.78 is 1.83. The molecule has 0 unspecified atom stereocenters. The van der Waals surface area contributed by atoms with Gasteiger partial charge in [-0.3, -0.25) is 4.68 Å². The SMILES string of the molecule is Cn1nccc1CNc1nc2c(c(N3CCc4ccccc4C3)n1)CN(C#N)C2.